The summed E-state index contributed by atoms with van der Waals surface area (Å²) in [7, 11) is -3.24. The Hall–Kier alpha value is -0.170. The van der Waals surface area contributed by atoms with Gasteiger partial charge in [0, 0.05) is 13.2 Å². The van der Waals surface area contributed by atoms with Crippen LogP contribution in [0.3, 0.4) is 0 Å². The Morgan fingerprint density at radius 1 is 1.11 bits per heavy atom. The number of fused-ring (bicyclic) bond motifs is 1. The zero-order valence-corrected chi connectivity index (χ0v) is 11.6. The van der Waals surface area contributed by atoms with Crippen LogP contribution in [0.25, 0.3) is 0 Å². The molecule has 3 rings (SSSR count). The first-order valence-electron chi connectivity index (χ1n) is 6.84. The maximum atomic E-state index is 12.7. The van der Waals surface area contributed by atoms with Crippen molar-refractivity contribution in [3.63, 3.8) is 0 Å². The zero-order chi connectivity index (χ0) is 12.8. The lowest BCUT2D eigenvalue weighted by Gasteiger charge is -2.38. The van der Waals surface area contributed by atoms with Crippen LogP contribution in [-0.4, -0.2) is 56.0 Å². The van der Waals surface area contributed by atoms with Crippen LogP contribution < -0.4 is 0 Å². The van der Waals surface area contributed by atoms with Crippen LogP contribution in [0.2, 0.25) is 0 Å². The van der Waals surface area contributed by atoms with E-state index in [1.807, 2.05) is 6.92 Å². The molecule has 6 heteroatoms. The second-order valence-corrected chi connectivity index (χ2v) is 7.57. The molecule has 2 heterocycles. The van der Waals surface area contributed by atoms with Gasteiger partial charge in [-0.1, -0.05) is 0 Å². The monoisotopic (exact) mass is 275 g/mol. The van der Waals surface area contributed by atoms with E-state index >= 15 is 0 Å². The minimum atomic E-state index is -3.24. The first-order valence-corrected chi connectivity index (χ1v) is 8.35. The average Bonchev–Trinajstić information content (AvgIpc) is 2.96. The molecule has 4 atom stereocenters. The molecule has 3 fully saturated rings. The maximum absolute atomic E-state index is 12.7. The summed E-state index contributed by atoms with van der Waals surface area (Å²) in [6, 6.07) is 0.0662. The van der Waals surface area contributed by atoms with Gasteiger partial charge in [0.05, 0.1) is 24.9 Å². The van der Waals surface area contributed by atoms with Gasteiger partial charge in [0.2, 0.25) is 10.0 Å². The van der Waals surface area contributed by atoms with Gasteiger partial charge in [-0.15, -0.1) is 0 Å². The molecule has 0 aromatic heterocycles. The van der Waals surface area contributed by atoms with Crippen LogP contribution in [-0.2, 0) is 19.5 Å². The van der Waals surface area contributed by atoms with Gasteiger partial charge in [0.15, 0.2) is 0 Å². The minimum absolute atomic E-state index is 0.0662. The van der Waals surface area contributed by atoms with E-state index in [9.17, 15) is 8.42 Å². The molecule has 0 amide bonds. The fourth-order valence-electron chi connectivity index (χ4n) is 3.48. The van der Waals surface area contributed by atoms with E-state index in [0.29, 0.717) is 26.2 Å². The Balaban J connectivity index is 1.84. The van der Waals surface area contributed by atoms with Gasteiger partial charge in [0.1, 0.15) is 5.25 Å². The van der Waals surface area contributed by atoms with E-state index in [2.05, 4.69) is 0 Å². The van der Waals surface area contributed by atoms with Gasteiger partial charge < -0.3 is 9.47 Å². The Labute approximate surface area is 108 Å². The lowest BCUT2D eigenvalue weighted by atomic mass is 10.2. The second kappa shape index (κ2) is 4.74. The summed E-state index contributed by atoms with van der Waals surface area (Å²) in [5.41, 5.74) is 0. The number of morpholine rings is 1. The first kappa shape index (κ1) is 12.8. The third-order valence-electron chi connectivity index (χ3n) is 4.45. The van der Waals surface area contributed by atoms with Crippen LogP contribution in [0, 0.1) is 0 Å². The van der Waals surface area contributed by atoms with Crippen LogP contribution in [0.4, 0.5) is 0 Å². The predicted molar refractivity (Wildman–Crippen MR) is 66.8 cm³/mol. The van der Waals surface area contributed by atoms with E-state index < -0.39 is 10.0 Å². The highest BCUT2D eigenvalue weighted by Crippen LogP contribution is 2.34. The van der Waals surface area contributed by atoms with Gasteiger partial charge in [-0.2, -0.15) is 4.31 Å². The SMILES string of the molecule is CC1OCCC1S(=O)(=O)N1CCOC2CCCC21. The molecule has 2 aliphatic heterocycles. The van der Waals surface area contributed by atoms with Gasteiger partial charge in [-0.3, -0.25) is 0 Å². The predicted octanol–water partition coefficient (Wildman–Crippen LogP) is 0.747. The standard InChI is InChI=1S/C12H21NO4S/c1-9-12(5-7-16-9)18(14,15)13-6-8-17-11-4-2-3-10(11)13/h9-12H,2-8H2,1H3. The molecule has 0 bridgehead atoms. The number of ether oxygens (including phenoxy) is 2. The molecule has 0 N–H and O–H groups in total. The number of rotatable bonds is 2. The van der Waals surface area contributed by atoms with Crippen molar-refractivity contribution in [2.75, 3.05) is 19.8 Å². The topological polar surface area (TPSA) is 55.8 Å². The summed E-state index contributed by atoms with van der Waals surface area (Å²) in [4.78, 5) is 0. The number of nitrogens with zero attached hydrogens (tertiary/aromatic N) is 1. The smallest absolute Gasteiger partial charge is 0.220 e. The highest BCUT2D eigenvalue weighted by Gasteiger charge is 2.47. The minimum Gasteiger partial charge on any atom is -0.377 e. The normalized spacial score (nSPS) is 42.1. The number of hydrogen-bond acceptors (Lipinski definition) is 4. The Morgan fingerprint density at radius 3 is 2.67 bits per heavy atom. The summed E-state index contributed by atoms with van der Waals surface area (Å²) in [6.07, 6.45) is 3.55. The van der Waals surface area contributed by atoms with Crippen LogP contribution >= 0.6 is 0 Å². The number of hydrogen-bond donors (Lipinski definition) is 0. The quantitative estimate of drug-likeness (QED) is 0.746. The summed E-state index contributed by atoms with van der Waals surface area (Å²) in [5.74, 6) is 0. The fourth-order valence-corrected chi connectivity index (χ4v) is 5.74. The molecule has 4 unspecified atom stereocenters. The van der Waals surface area contributed by atoms with Crippen LogP contribution in [0.1, 0.15) is 32.6 Å². The molecule has 0 aromatic carbocycles. The Morgan fingerprint density at radius 2 is 1.94 bits per heavy atom. The molecule has 104 valence electrons. The average molecular weight is 275 g/mol. The lowest BCUT2D eigenvalue weighted by Crippen LogP contribution is -2.54. The molecule has 5 nitrogen and oxygen atoms in total. The van der Waals surface area contributed by atoms with Crippen molar-refractivity contribution in [1.29, 1.82) is 0 Å². The largest absolute Gasteiger partial charge is 0.377 e. The van der Waals surface area contributed by atoms with Crippen molar-refractivity contribution in [3.05, 3.63) is 0 Å². The van der Waals surface area contributed by atoms with Crippen molar-refractivity contribution in [2.24, 2.45) is 0 Å². The van der Waals surface area contributed by atoms with Crippen molar-refractivity contribution in [2.45, 2.75) is 56.1 Å². The van der Waals surface area contributed by atoms with Crippen LogP contribution in [0.15, 0.2) is 0 Å². The Bertz CT molecular complexity index is 410. The van der Waals surface area contributed by atoms with Gasteiger partial charge in [-0.05, 0) is 32.6 Å². The second-order valence-electron chi connectivity index (χ2n) is 5.47. The molecule has 0 radical (unpaired) electrons. The summed E-state index contributed by atoms with van der Waals surface area (Å²) in [5, 5.41) is -0.364. The summed E-state index contributed by atoms with van der Waals surface area (Å²) >= 11 is 0. The van der Waals surface area contributed by atoms with Gasteiger partial charge in [-0.25, -0.2) is 8.42 Å². The van der Waals surface area contributed by atoms with Crippen molar-refractivity contribution in [1.82, 2.24) is 4.31 Å². The fraction of sp³-hybridized carbons (Fsp3) is 1.00. The van der Waals surface area contributed by atoms with E-state index in [0.717, 1.165) is 19.3 Å². The van der Waals surface area contributed by atoms with Crippen molar-refractivity contribution in [3.8, 4) is 0 Å². The molecule has 3 aliphatic rings. The molecular formula is C12H21NO4S. The van der Waals surface area contributed by atoms with E-state index in [-0.39, 0.29) is 23.5 Å². The van der Waals surface area contributed by atoms with E-state index in [4.69, 9.17) is 9.47 Å². The van der Waals surface area contributed by atoms with Gasteiger partial charge >= 0.3 is 0 Å². The molecule has 0 spiro atoms. The van der Waals surface area contributed by atoms with E-state index in [1.54, 1.807) is 4.31 Å². The summed E-state index contributed by atoms with van der Waals surface area (Å²) in [6.45, 7) is 3.46. The molecule has 2 saturated heterocycles. The zero-order valence-electron chi connectivity index (χ0n) is 10.7. The lowest BCUT2D eigenvalue weighted by molar-refractivity contribution is -0.0247. The number of sulfonamides is 1. The third-order valence-corrected chi connectivity index (χ3v) is 6.94. The summed E-state index contributed by atoms with van der Waals surface area (Å²) < 4.78 is 38.3. The maximum Gasteiger partial charge on any atom is 0.220 e. The first-order chi connectivity index (χ1) is 8.60. The Kier molecular flexibility index (Phi) is 3.38. The van der Waals surface area contributed by atoms with E-state index in [1.165, 1.54) is 0 Å². The highest BCUT2D eigenvalue weighted by molar-refractivity contribution is 7.89. The highest BCUT2D eigenvalue weighted by atomic mass is 32.2. The van der Waals surface area contributed by atoms with Gasteiger partial charge in [0.25, 0.3) is 0 Å². The molecule has 18 heavy (non-hydrogen) atoms. The molecule has 0 aromatic rings. The molecule has 1 aliphatic carbocycles. The molecule has 1 saturated carbocycles. The molecular weight excluding hydrogens is 254 g/mol. The van der Waals surface area contributed by atoms with Crippen molar-refractivity contribution < 1.29 is 17.9 Å². The van der Waals surface area contributed by atoms with Crippen molar-refractivity contribution >= 4 is 10.0 Å². The van der Waals surface area contributed by atoms with Crippen LogP contribution in [0.5, 0.6) is 0 Å². The third kappa shape index (κ3) is 1.99.